The second-order valence-corrected chi connectivity index (χ2v) is 5.45. The van der Waals surface area contributed by atoms with Crippen molar-refractivity contribution in [3.05, 3.63) is 34.4 Å². The van der Waals surface area contributed by atoms with E-state index in [1.165, 1.54) is 7.11 Å². The lowest BCUT2D eigenvalue weighted by Crippen LogP contribution is -2.26. The Morgan fingerprint density at radius 1 is 1.21 bits per heavy atom. The summed E-state index contributed by atoms with van der Waals surface area (Å²) in [5, 5.41) is 9.18. The molecule has 1 aromatic carbocycles. The van der Waals surface area contributed by atoms with Crippen molar-refractivity contribution in [3.63, 3.8) is 0 Å². The van der Waals surface area contributed by atoms with Crippen LogP contribution in [0.15, 0.2) is 12.1 Å². The summed E-state index contributed by atoms with van der Waals surface area (Å²) in [5.41, 5.74) is 2.30. The molecule has 0 unspecified atom stereocenters. The van der Waals surface area contributed by atoms with Gasteiger partial charge in [0.25, 0.3) is 0 Å². The fraction of sp³-hybridized carbons (Fsp3) is 0.467. The number of hydrogen-bond acceptors (Lipinski definition) is 3. The standard InChI is InChI=1S/C15H20O4/c1-9-6-10(2)12(13(16)19-5)7-11(9)8-15(3,4)14(17)18/h6-7H,8H2,1-5H3,(H,17,18). The number of carboxylic acids is 1. The number of hydrogen-bond donors (Lipinski definition) is 1. The van der Waals surface area contributed by atoms with Crippen LogP contribution in [-0.2, 0) is 16.0 Å². The van der Waals surface area contributed by atoms with E-state index in [4.69, 9.17) is 4.74 Å². The molecule has 0 aromatic heterocycles. The molecule has 1 rings (SSSR count). The molecule has 0 aliphatic carbocycles. The Morgan fingerprint density at radius 3 is 2.26 bits per heavy atom. The van der Waals surface area contributed by atoms with E-state index in [2.05, 4.69) is 0 Å². The fourth-order valence-electron chi connectivity index (χ4n) is 1.97. The maximum atomic E-state index is 11.7. The summed E-state index contributed by atoms with van der Waals surface area (Å²) in [7, 11) is 1.34. The van der Waals surface area contributed by atoms with Crippen LogP contribution in [-0.4, -0.2) is 24.2 Å². The Labute approximate surface area is 113 Å². The summed E-state index contributed by atoms with van der Waals surface area (Å²) in [6.45, 7) is 7.10. The van der Waals surface area contributed by atoms with Gasteiger partial charge in [0.15, 0.2) is 0 Å². The van der Waals surface area contributed by atoms with Crippen molar-refractivity contribution in [2.45, 2.75) is 34.1 Å². The average molecular weight is 264 g/mol. The molecule has 0 aliphatic heterocycles. The normalized spacial score (nSPS) is 11.2. The van der Waals surface area contributed by atoms with Gasteiger partial charge in [-0.15, -0.1) is 0 Å². The van der Waals surface area contributed by atoms with Crippen molar-refractivity contribution in [1.82, 2.24) is 0 Å². The zero-order chi connectivity index (χ0) is 14.8. The van der Waals surface area contributed by atoms with Crippen LogP contribution in [0, 0.1) is 19.3 Å². The predicted molar refractivity (Wildman–Crippen MR) is 72.4 cm³/mol. The molecule has 0 saturated carbocycles. The first-order valence-corrected chi connectivity index (χ1v) is 6.11. The lowest BCUT2D eigenvalue weighted by molar-refractivity contribution is -0.146. The molecule has 0 fully saturated rings. The summed E-state index contributed by atoms with van der Waals surface area (Å²) in [4.78, 5) is 22.8. The van der Waals surface area contributed by atoms with Crippen LogP contribution in [0.25, 0.3) is 0 Å². The Bertz CT molecular complexity index is 515. The minimum absolute atomic E-state index is 0.373. The third kappa shape index (κ3) is 3.34. The van der Waals surface area contributed by atoms with Crippen LogP contribution in [0.1, 0.15) is 40.9 Å². The molecule has 0 bridgehead atoms. The molecule has 4 heteroatoms. The smallest absolute Gasteiger partial charge is 0.338 e. The molecule has 1 N–H and O–H groups in total. The predicted octanol–water partition coefficient (Wildman–Crippen LogP) is 2.74. The summed E-state index contributed by atoms with van der Waals surface area (Å²) in [6.07, 6.45) is 0.373. The van der Waals surface area contributed by atoms with Crippen molar-refractivity contribution in [1.29, 1.82) is 0 Å². The van der Waals surface area contributed by atoms with Crippen molar-refractivity contribution >= 4 is 11.9 Å². The van der Waals surface area contributed by atoms with Crippen LogP contribution >= 0.6 is 0 Å². The van der Waals surface area contributed by atoms with Gasteiger partial charge in [0.05, 0.1) is 18.1 Å². The molecule has 0 radical (unpaired) electrons. The Balaban J connectivity index is 3.22. The number of carbonyl (C=O) groups is 2. The third-order valence-electron chi connectivity index (χ3n) is 3.30. The van der Waals surface area contributed by atoms with Crippen LogP contribution < -0.4 is 0 Å². The van der Waals surface area contributed by atoms with Crippen molar-refractivity contribution in [2.24, 2.45) is 5.41 Å². The van der Waals surface area contributed by atoms with Gasteiger partial charge in [0, 0.05) is 0 Å². The molecule has 1 aromatic rings. The molecule has 0 aliphatic rings. The number of carbonyl (C=O) groups excluding carboxylic acids is 1. The quantitative estimate of drug-likeness (QED) is 0.849. The van der Waals surface area contributed by atoms with E-state index in [9.17, 15) is 14.7 Å². The number of aryl methyl sites for hydroxylation is 2. The van der Waals surface area contributed by atoms with Gasteiger partial charge in [-0.3, -0.25) is 4.79 Å². The Hall–Kier alpha value is -1.84. The molecule has 0 atom stereocenters. The Kier molecular flexibility index (Phi) is 4.35. The summed E-state index contributed by atoms with van der Waals surface area (Å²) in [6, 6.07) is 3.63. The van der Waals surface area contributed by atoms with Crippen LogP contribution in [0.4, 0.5) is 0 Å². The van der Waals surface area contributed by atoms with Gasteiger partial charge in [-0.05, 0) is 56.9 Å². The number of rotatable bonds is 4. The van der Waals surface area contributed by atoms with Gasteiger partial charge in [-0.2, -0.15) is 0 Å². The zero-order valence-electron chi connectivity index (χ0n) is 12.0. The van der Waals surface area contributed by atoms with Crippen molar-refractivity contribution in [3.8, 4) is 0 Å². The highest BCUT2D eigenvalue weighted by Gasteiger charge is 2.28. The number of carboxylic acid groups (broad SMARTS) is 1. The number of methoxy groups -OCH3 is 1. The first kappa shape index (κ1) is 15.2. The number of benzene rings is 1. The number of esters is 1. The second kappa shape index (κ2) is 5.43. The summed E-state index contributed by atoms with van der Waals surface area (Å²) in [5.74, 6) is -1.25. The van der Waals surface area contributed by atoms with Crippen molar-refractivity contribution < 1.29 is 19.4 Å². The maximum absolute atomic E-state index is 11.7. The second-order valence-electron chi connectivity index (χ2n) is 5.45. The molecule has 4 nitrogen and oxygen atoms in total. The highest BCUT2D eigenvalue weighted by molar-refractivity contribution is 5.91. The minimum Gasteiger partial charge on any atom is -0.481 e. The number of ether oxygens (including phenoxy) is 1. The van der Waals surface area contributed by atoms with E-state index in [1.807, 2.05) is 19.9 Å². The van der Waals surface area contributed by atoms with E-state index in [1.54, 1.807) is 19.9 Å². The van der Waals surface area contributed by atoms with E-state index >= 15 is 0 Å². The van der Waals surface area contributed by atoms with Gasteiger partial charge >= 0.3 is 11.9 Å². The highest BCUT2D eigenvalue weighted by Crippen LogP contribution is 2.26. The summed E-state index contributed by atoms with van der Waals surface area (Å²) < 4.78 is 4.73. The van der Waals surface area contributed by atoms with Gasteiger partial charge in [0.2, 0.25) is 0 Å². The molecule has 0 spiro atoms. The first-order valence-electron chi connectivity index (χ1n) is 6.11. The lowest BCUT2D eigenvalue weighted by atomic mass is 9.83. The van der Waals surface area contributed by atoms with E-state index in [0.717, 1.165) is 16.7 Å². The molecule has 104 valence electrons. The van der Waals surface area contributed by atoms with Gasteiger partial charge in [0.1, 0.15) is 0 Å². The van der Waals surface area contributed by atoms with E-state index < -0.39 is 17.4 Å². The highest BCUT2D eigenvalue weighted by atomic mass is 16.5. The SMILES string of the molecule is COC(=O)c1cc(CC(C)(C)C(=O)O)c(C)cc1C. The van der Waals surface area contributed by atoms with Gasteiger partial charge in [-0.25, -0.2) is 4.79 Å². The molecule has 0 amide bonds. The Morgan fingerprint density at radius 2 is 1.79 bits per heavy atom. The minimum atomic E-state index is -0.868. The van der Waals surface area contributed by atoms with Crippen LogP contribution in [0.2, 0.25) is 0 Å². The van der Waals surface area contributed by atoms with E-state index in [0.29, 0.717) is 12.0 Å². The monoisotopic (exact) mass is 264 g/mol. The third-order valence-corrected chi connectivity index (χ3v) is 3.30. The van der Waals surface area contributed by atoms with Gasteiger partial charge < -0.3 is 9.84 Å². The molecular formula is C15H20O4. The summed E-state index contributed by atoms with van der Waals surface area (Å²) >= 11 is 0. The number of aliphatic carboxylic acids is 1. The molecular weight excluding hydrogens is 244 g/mol. The lowest BCUT2D eigenvalue weighted by Gasteiger charge is -2.21. The first-order chi connectivity index (χ1) is 8.69. The zero-order valence-corrected chi connectivity index (χ0v) is 12.0. The largest absolute Gasteiger partial charge is 0.481 e. The van der Waals surface area contributed by atoms with Crippen LogP contribution in [0.5, 0.6) is 0 Å². The van der Waals surface area contributed by atoms with Gasteiger partial charge in [-0.1, -0.05) is 6.07 Å². The van der Waals surface area contributed by atoms with Crippen molar-refractivity contribution in [2.75, 3.05) is 7.11 Å². The van der Waals surface area contributed by atoms with Crippen LogP contribution in [0.3, 0.4) is 0 Å². The van der Waals surface area contributed by atoms with E-state index in [-0.39, 0.29) is 0 Å². The molecule has 0 heterocycles. The fourth-order valence-corrected chi connectivity index (χ4v) is 1.97. The molecule has 19 heavy (non-hydrogen) atoms. The average Bonchev–Trinajstić information content (AvgIpc) is 2.31. The topological polar surface area (TPSA) is 63.6 Å². The molecule has 0 saturated heterocycles. The maximum Gasteiger partial charge on any atom is 0.338 e.